The fourth-order valence-electron chi connectivity index (χ4n) is 1.72. The number of nitrogens with zero attached hydrogens (tertiary/aromatic N) is 2. The second-order valence-corrected chi connectivity index (χ2v) is 6.14. The van der Waals surface area contributed by atoms with E-state index >= 15 is 0 Å². The van der Waals surface area contributed by atoms with Crippen LogP contribution in [-0.2, 0) is 5.75 Å². The molecule has 0 bridgehead atoms. The zero-order valence-corrected chi connectivity index (χ0v) is 12.9. The Morgan fingerprint density at radius 3 is 3.00 bits per heavy atom. The van der Waals surface area contributed by atoms with E-state index in [4.69, 9.17) is 14.9 Å². The summed E-state index contributed by atoms with van der Waals surface area (Å²) in [5.41, 5.74) is 6.66. The summed E-state index contributed by atoms with van der Waals surface area (Å²) in [4.78, 5) is 1.91. The van der Waals surface area contributed by atoms with Gasteiger partial charge >= 0.3 is 0 Å². The normalized spacial score (nSPS) is 10.7. The van der Waals surface area contributed by atoms with Gasteiger partial charge in [0.15, 0.2) is 0 Å². The molecule has 2 heterocycles. The Morgan fingerprint density at radius 1 is 1.33 bits per heavy atom. The van der Waals surface area contributed by atoms with Crippen molar-refractivity contribution < 1.29 is 9.15 Å². The van der Waals surface area contributed by atoms with E-state index in [-0.39, 0.29) is 0 Å². The molecule has 0 radical (unpaired) electrons. The quantitative estimate of drug-likeness (QED) is 0.571. The van der Waals surface area contributed by atoms with Gasteiger partial charge in [-0.3, -0.25) is 0 Å². The smallest absolute Gasteiger partial charge is 0.257 e. The summed E-state index contributed by atoms with van der Waals surface area (Å²) in [6.45, 7) is 0. The SMILES string of the molecule is COc1ccc(N)c(SCc2nnc(-c3cccs3)o2)c1. The van der Waals surface area contributed by atoms with Crippen LogP contribution >= 0.6 is 23.1 Å². The van der Waals surface area contributed by atoms with Crippen LogP contribution in [0.4, 0.5) is 5.69 Å². The number of thioether (sulfide) groups is 1. The highest BCUT2D eigenvalue weighted by molar-refractivity contribution is 7.98. The number of rotatable bonds is 5. The Balaban J connectivity index is 1.71. The zero-order valence-electron chi connectivity index (χ0n) is 11.3. The van der Waals surface area contributed by atoms with Gasteiger partial charge in [-0.2, -0.15) is 0 Å². The molecule has 0 aliphatic carbocycles. The van der Waals surface area contributed by atoms with Gasteiger partial charge in [0.1, 0.15) is 5.75 Å². The molecule has 7 heteroatoms. The molecule has 2 aromatic heterocycles. The van der Waals surface area contributed by atoms with Crippen LogP contribution in [0.1, 0.15) is 5.89 Å². The number of anilines is 1. The molecule has 108 valence electrons. The lowest BCUT2D eigenvalue weighted by molar-refractivity contribution is 0.414. The lowest BCUT2D eigenvalue weighted by atomic mass is 10.3. The zero-order chi connectivity index (χ0) is 14.7. The Labute approximate surface area is 130 Å². The van der Waals surface area contributed by atoms with E-state index in [1.807, 2.05) is 35.7 Å². The van der Waals surface area contributed by atoms with Crippen LogP contribution in [0, 0.1) is 0 Å². The first-order valence-corrected chi connectivity index (χ1v) is 8.05. The predicted molar refractivity (Wildman–Crippen MR) is 84.6 cm³/mol. The molecule has 1 aromatic carbocycles. The number of benzene rings is 1. The van der Waals surface area contributed by atoms with Gasteiger partial charge in [-0.05, 0) is 29.6 Å². The summed E-state index contributed by atoms with van der Waals surface area (Å²) in [7, 11) is 1.63. The molecular weight excluding hydrogens is 306 g/mol. The lowest BCUT2D eigenvalue weighted by Crippen LogP contribution is -1.91. The Bertz CT molecular complexity index is 726. The van der Waals surface area contributed by atoms with Crippen molar-refractivity contribution in [2.24, 2.45) is 0 Å². The van der Waals surface area contributed by atoms with Crippen LogP contribution < -0.4 is 10.5 Å². The number of aromatic nitrogens is 2. The molecule has 3 rings (SSSR count). The van der Waals surface area contributed by atoms with E-state index in [1.54, 1.807) is 30.2 Å². The van der Waals surface area contributed by atoms with Crippen molar-refractivity contribution in [2.45, 2.75) is 10.6 Å². The minimum absolute atomic E-state index is 0.555. The van der Waals surface area contributed by atoms with Crippen LogP contribution in [0.5, 0.6) is 5.75 Å². The van der Waals surface area contributed by atoms with Gasteiger partial charge in [-0.1, -0.05) is 6.07 Å². The molecule has 0 amide bonds. The summed E-state index contributed by atoms with van der Waals surface area (Å²) < 4.78 is 10.8. The Hall–Kier alpha value is -1.99. The second kappa shape index (κ2) is 6.19. The number of hydrogen-bond acceptors (Lipinski definition) is 7. The summed E-state index contributed by atoms with van der Waals surface area (Å²) >= 11 is 3.11. The Kier molecular flexibility index (Phi) is 4.12. The third kappa shape index (κ3) is 3.20. The summed E-state index contributed by atoms with van der Waals surface area (Å²) in [6, 6.07) is 9.47. The molecule has 2 N–H and O–H groups in total. The summed E-state index contributed by atoms with van der Waals surface area (Å²) in [5, 5.41) is 10.1. The standard InChI is InChI=1S/C14H13N3O2S2/c1-18-9-4-5-10(15)12(7-9)21-8-13-16-17-14(19-13)11-3-2-6-20-11/h2-7H,8,15H2,1H3. The molecule has 0 spiro atoms. The maximum atomic E-state index is 5.95. The molecule has 0 saturated carbocycles. The van der Waals surface area contributed by atoms with Crippen LogP contribution in [0.2, 0.25) is 0 Å². The van der Waals surface area contributed by atoms with E-state index < -0.39 is 0 Å². The highest BCUT2D eigenvalue weighted by atomic mass is 32.2. The van der Waals surface area contributed by atoms with Gasteiger partial charge in [0.25, 0.3) is 5.89 Å². The average molecular weight is 319 g/mol. The van der Waals surface area contributed by atoms with Gasteiger partial charge in [-0.25, -0.2) is 0 Å². The maximum Gasteiger partial charge on any atom is 0.257 e. The van der Waals surface area contributed by atoms with Gasteiger partial charge < -0.3 is 14.9 Å². The molecule has 0 saturated heterocycles. The first-order valence-electron chi connectivity index (χ1n) is 6.19. The molecular formula is C14H13N3O2S2. The van der Waals surface area contributed by atoms with Crippen LogP contribution in [0.25, 0.3) is 10.8 Å². The number of methoxy groups -OCH3 is 1. The fourth-order valence-corrected chi connectivity index (χ4v) is 3.19. The van der Waals surface area contributed by atoms with Gasteiger partial charge in [-0.15, -0.1) is 33.3 Å². The lowest BCUT2D eigenvalue weighted by Gasteiger charge is -2.06. The van der Waals surface area contributed by atoms with Crippen molar-refractivity contribution in [3.63, 3.8) is 0 Å². The molecule has 5 nitrogen and oxygen atoms in total. The number of nitrogens with two attached hydrogens (primary N) is 1. The van der Waals surface area contributed by atoms with Crippen molar-refractivity contribution in [2.75, 3.05) is 12.8 Å². The molecule has 0 aliphatic heterocycles. The highest BCUT2D eigenvalue weighted by Crippen LogP contribution is 2.32. The first-order chi connectivity index (χ1) is 10.3. The molecule has 0 unspecified atom stereocenters. The third-order valence-corrected chi connectivity index (χ3v) is 4.68. The van der Waals surface area contributed by atoms with E-state index in [1.165, 1.54) is 0 Å². The fraction of sp³-hybridized carbons (Fsp3) is 0.143. The van der Waals surface area contributed by atoms with Crippen LogP contribution in [0.15, 0.2) is 45.0 Å². The maximum absolute atomic E-state index is 5.95. The van der Waals surface area contributed by atoms with E-state index in [9.17, 15) is 0 Å². The topological polar surface area (TPSA) is 74.2 Å². The second-order valence-electron chi connectivity index (χ2n) is 4.17. The van der Waals surface area contributed by atoms with Crippen molar-refractivity contribution in [1.82, 2.24) is 10.2 Å². The summed E-state index contributed by atoms with van der Waals surface area (Å²) in [5.74, 6) is 2.47. The predicted octanol–water partition coefficient (Wildman–Crippen LogP) is 3.68. The molecule has 0 aliphatic rings. The van der Waals surface area contributed by atoms with E-state index in [2.05, 4.69) is 10.2 Å². The van der Waals surface area contributed by atoms with Crippen LogP contribution in [-0.4, -0.2) is 17.3 Å². The number of ether oxygens (including phenoxy) is 1. The number of thiophene rings is 1. The average Bonchev–Trinajstić information content (AvgIpc) is 3.17. The van der Waals surface area contributed by atoms with Crippen molar-refractivity contribution in [3.05, 3.63) is 41.6 Å². The minimum atomic E-state index is 0.555. The van der Waals surface area contributed by atoms with Crippen molar-refractivity contribution >= 4 is 28.8 Å². The Morgan fingerprint density at radius 2 is 2.24 bits per heavy atom. The molecule has 0 atom stereocenters. The van der Waals surface area contributed by atoms with E-state index in [0.29, 0.717) is 23.2 Å². The number of nitrogen functional groups attached to an aromatic ring is 1. The highest BCUT2D eigenvalue weighted by Gasteiger charge is 2.10. The third-order valence-electron chi connectivity index (χ3n) is 2.77. The van der Waals surface area contributed by atoms with E-state index in [0.717, 1.165) is 15.5 Å². The van der Waals surface area contributed by atoms with Crippen molar-refractivity contribution in [3.8, 4) is 16.5 Å². The largest absolute Gasteiger partial charge is 0.497 e. The monoisotopic (exact) mass is 319 g/mol. The molecule has 3 aromatic rings. The van der Waals surface area contributed by atoms with Gasteiger partial charge in [0.2, 0.25) is 5.89 Å². The van der Waals surface area contributed by atoms with Gasteiger partial charge in [0, 0.05) is 10.6 Å². The minimum Gasteiger partial charge on any atom is -0.497 e. The molecule has 21 heavy (non-hydrogen) atoms. The summed E-state index contributed by atoms with van der Waals surface area (Å²) in [6.07, 6.45) is 0. The van der Waals surface area contributed by atoms with Gasteiger partial charge in [0.05, 0.1) is 17.7 Å². The number of hydrogen-bond donors (Lipinski definition) is 1. The van der Waals surface area contributed by atoms with Crippen molar-refractivity contribution in [1.29, 1.82) is 0 Å². The van der Waals surface area contributed by atoms with Crippen LogP contribution in [0.3, 0.4) is 0 Å². The first kappa shape index (κ1) is 14.0. The molecule has 0 fully saturated rings.